The van der Waals surface area contributed by atoms with Gasteiger partial charge in [-0.3, -0.25) is 0 Å². The van der Waals surface area contributed by atoms with Crippen LogP contribution in [0.5, 0.6) is 0 Å². The standard InChI is InChI=1S/C8H17NO/c1-7(2)6-9-10-8(3,4)5/h6-7H,1-5H3/b9-6+. The molecule has 0 heterocycles. The Balaban J connectivity index is 3.54. The lowest BCUT2D eigenvalue weighted by Gasteiger charge is -2.14. The Hall–Kier alpha value is -0.530. The second-order valence-electron chi connectivity index (χ2n) is 3.70. The Bertz CT molecular complexity index is 111. The third kappa shape index (κ3) is 7.47. The summed E-state index contributed by atoms with van der Waals surface area (Å²) < 4.78 is 0. The van der Waals surface area contributed by atoms with Gasteiger partial charge < -0.3 is 4.84 Å². The lowest BCUT2D eigenvalue weighted by atomic mass is 10.2. The van der Waals surface area contributed by atoms with Gasteiger partial charge in [-0.1, -0.05) is 19.0 Å². The molecule has 0 aromatic heterocycles. The summed E-state index contributed by atoms with van der Waals surface area (Å²) in [6.07, 6.45) is 1.80. The normalized spacial score (nSPS) is 13.0. The molecule has 2 nitrogen and oxygen atoms in total. The topological polar surface area (TPSA) is 21.6 Å². The number of hydrogen-bond donors (Lipinski definition) is 0. The quantitative estimate of drug-likeness (QED) is 0.430. The van der Waals surface area contributed by atoms with E-state index in [-0.39, 0.29) is 5.60 Å². The summed E-state index contributed by atoms with van der Waals surface area (Å²) in [7, 11) is 0. The largest absolute Gasteiger partial charge is 0.390 e. The van der Waals surface area contributed by atoms with Crippen molar-refractivity contribution in [3.63, 3.8) is 0 Å². The molecule has 0 aromatic rings. The molecule has 0 unspecified atom stereocenters. The molecule has 0 fully saturated rings. The molecule has 0 aliphatic carbocycles. The average Bonchev–Trinajstić information content (AvgIpc) is 1.59. The molecule has 60 valence electrons. The van der Waals surface area contributed by atoms with Crippen LogP contribution in [-0.4, -0.2) is 11.8 Å². The van der Waals surface area contributed by atoms with Gasteiger partial charge in [0.05, 0.1) is 0 Å². The minimum atomic E-state index is -0.161. The van der Waals surface area contributed by atoms with E-state index in [1.54, 1.807) is 6.21 Å². The van der Waals surface area contributed by atoms with Crippen molar-refractivity contribution in [3.8, 4) is 0 Å². The van der Waals surface area contributed by atoms with Gasteiger partial charge in [-0.25, -0.2) is 0 Å². The third-order valence-corrected chi connectivity index (χ3v) is 0.686. The fourth-order valence-electron chi connectivity index (χ4n) is 0.310. The monoisotopic (exact) mass is 143 g/mol. The van der Waals surface area contributed by atoms with Gasteiger partial charge in [-0.2, -0.15) is 0 Å². The maximum Gasteiger partial charge on any atom is 0.129 e. The smallest absolute Gasteiger partial charge is 0.129 e. The number of oxime groups is 1. The molecule has 2 heteroatoms. The zero-order chi connectivity index (χ0) is 8.20. The van der Waals surface area contributed by atoms with Crippen LogP contribution in [0.4, 0.5) is 0 Å². The van der Waals surface area contributed by atoms with Crippen molar-refractivity contribution in [2.24, 2.45) is 11.1 Å². The highest BCUT2D eigenvalue weighted by Crippen LogP contribution is 2.06. The molecule has 0 rings (SSSR count). The van der Waals surface area contributed by atoms with Crippen LogP contribution in [0.3, 0.4) is 0 Å². The van der Waals surface area contributed by atoms with Gasteiger partial charge in [-0.15, -0.1) is 0 Å². The van der Waals surface area contributed by atoms with Crippen LogP contribution in [0.15, 0.2) is 5.16 Å². The van der Waals surface area contributed by atoms with Gasteiger partial charge in [0.15, 0.2) is 0 Å². The molecule has 0 radical (unpaired) electrons. The van der Waals surface area contributed by atoms with Crippen molar-refractivity contribution in [2.45, 2.75) is 40.2 Å². The lowest BCUT2D eigenvalue weighted by molar-refractivity contribution is 0.00129. The van der Waals surface area contributed by atoms with E-state index >= 15 is 0 Å². The minimum Gasteiger partial charge on any atom is -0.390 e. The Kier molecular flexibility index (Phi) is 3.40. The molecule has 0 spiro atoms. The third-order valence-electron chi connectivity index (χ3n) is 0.686. The van der Waals surface area contributed by atoms with Crippen LogP contribution in [0, 0.1) is 5.92 Å². The van der Waals surface area contributed by atoms with Gasteiger partial charge in [0.2, 0.25) is 0 Å². The highest BCUT2D eigenvalue weighted by molar-refractivity contribution is 5.58. The van der Waals surface area contributed by atoms with Gasteiger partial charge in [0.25, 0.3) is 0 Å². The summed E-state index contributed by atoms with van der Waals surface area (Å²) in [5.41, 5.74) is -0.161. The summed E-state index contributed by atoms with van der Waals surface area (Å²) in [4.78, 5) is 5.11. The van der Waals surface area contributed by atoms with Crippen LogP contribution in [0.1, 0.15) is 34.6 Å². The molecular formula is C8H17NO. The molecule has 0 amide bonds. The van der Waals surface area contributed by atoms with E-state index in [1.165, 1.54) is 0 Å². The maximum absolute atomic E-state index is 5.11. The van der Waals surface area contributed by atoms with E-state index < -0.39 is 0 Å². The van der Waals surface area contributed by atoms with Gasteiger partial charge >= 0.3 is 0 Å². The number of nitrogens with zero attached hydrogens (tertiary/aromatic N) is 1. The Morgan fingerprint density at radius 2 is 1.80 bits per heavy atom. The molecule has 0 aromatic carbocycles. The van der Waals surface area contributed by atoms with Crippen LogP contribution in [0.25, 0.3) is 0 Å². The second kappa shape index (κ2) is 3.59. The van der Waals surface area contributed by atoms with Crippen molar-refractivity contribution < 1.29 is 4.84 Å². The molecule has 0 atom stereocenters. The summed E-state index contributed by atoms with van der Waals surface area (Å²) in [5, 5.41) is 3.82. The Morgan fingerprint density at radius 1 is 1.30 bits per heavy atom. The highest BCUT2D eigenvalue weighted by Gasteiger charge is 2.08. The van der Waals surface area contributed by atoms with E-state index in [9.17, 15) is 0 Å². The fraction of sp³-hybridized carbons (Fsp3) is 0.875. The fourth-order valence-corrected chi connectivity index (χ4v) is 0.310. The molecule has 0 aliphatic heterocycles. The Labute approximate surface area is 63.3 Å². The number of hydrogen-bond acceptors (Lipinski definition) is 2. The first-order valence-corrected chi connectivity index (χ1v) is 3.63. The SMILES string of the molecule is CC(C)/C=N/OC(C)(C)C. The van der Waals surface area contributed by atoms with Crippen molar-refractivity contribution in [1.29, 1.82) is 0 Å². The van der Waals surface area contributed by atoms with Gasteiger partial charge in [0.1, 0.15) is 5.60 Å². The first-order valence-electron chi connectivity index (χ1n) is 3.63. The minimum absolute atomic E-state index is 0.161. The van der Waals surface area contributed by atoms with Crippen molar-refractivity contribution in [3.05, 3.63) is 0 Å². The zero-order valence-corrected chi connectivity index (χ0v) is 7.51. The summed E-state index contributed by atoms with van der Waals surface area (Å²) in [6, 6.07) is 0. The molecule has 0 bridgehead atoms. The number of rotatable bonds is 2. The maximum atomic E-state index is 5.11. The van der Waals surface area contributed by atoms with Crippen LogP contribution >= 0.6 is 0 Å². The van der Waals surface area contributed by atoms with E-state index in [0.717, 1.165) is 0 Å². The van der Waals surface area contributed by atoms with E-state index in [2.05, 4.69) is 19.0 Å². The van der Waals surface area contributed by atoms with Crippen molar-refractivity contribution in [1.82, 2.24) is 0 Å². The van der Waals surface area contributed by atoms with Crippen molar-refractivity contribution in [2.75, 3.05) is 0 Å². The molecular weight excluding hydrogens is 126 g/mol. The summed E-state index contributed by atoms with van der Waals surface area (Å²) in [6.45, 7) is 10.1. The van der Waals surface area contributed by atoms with E-state index in [4.69, 9.17) is 4.84 Å². The van der Waals surface area contributed by atoms with Crippen LogP contribution in [-0.2, 0) is 4.84 Å². The van der Waals surface area contributed by atoms with E-state index in [0.29, 0.717) is 5.92 Å². The predicted molar refractivity (Wildman–Crippen MR) is 44.2 cm³/mol. The molecule has 0 saturated heterocycles. The van der Waals surface area contributed by atoms with Crippen molar-refractivity contribution >= 4 is 6.21 Å². The molecule has 0 N–H and O–H groups in total. The summed E-state index contributed by atoms with van der Waals surface area (Å²) in [5.74, 6) is 0.461. The first kappa shape index (κ1) is 9.47. The first-order chi connectivity index (χ1) is 4.42. The molecule has 0 aliphatic rings. The second-order valence-corrected chi connectivity index (χ2v) is 3.70. The van der Waals surface area contributed by atoms with E-state index in [1.807, 2.05) is 20.8 Å². The zero-order valence-electron chi connectivity index (χ0n) is 7.51. The van der Waals surface area contributed by atoms with Gasteiger partial charge in [0, 0.05) is 6.21 Å². The average molecular weight is 143 g/mol. The molecule has 0 saturated carbocycles. The molecule has 10 heavy (non-hydrogen) atoms. The lowest BCUT2D eigenvalue weighted by Crippen LogP contribution is -2.15. The Morgan fingerprint density at radius 3 is 2.10 bits per heavy atom. The van der Waals surface area contributed by atoms with Crippen LogP contribution in [0.2, 0.25) is 0 Å². The van der Waals surface area contributed by atoms with Gasteiger partial charge in [-0.05, 0) is 26.7 Å². The predicted octanol–water partition coefficient (Wildman–Crippen LogP) is 2.44. The summed E-state index contributed by atoms with van der Waals surface area (Å²) >= 11 is 0. The van der Waals surface area contributed by atoms with Crippen LogP contribution < -0.4 is 0 Å². The highest BCUT2D eigenvalue weighted by atomic mass is 16.6.